The molecule has 0 fully saturated rings. The van der Waals surface area contributed by atoms with Crippen molar-refractivity contribution in [2.24, 2.45) is 0 Å². The minimum atomic E-state index is 0.919. The molecule has 7 aromatic rings. The SMILES string of the molecule is c1ccc2cc(-c3ccc(Nc4ccc(-c5ccc6c(c5)oc5ccccc56)cc4)cc3)ccc2c1. The van der Waals surface area contributed by atoms with Crippen molar-refractivity contribution in [1.82, 2.24) is 0 Å². The molecule has 0 aliphatic rings. The van der Waals surface area contributed by atoms with Crippen LogP contribution in [0, 0.1) is 0 Å². The van der Waals surface area contributed by atoms with Crippen molar-refractivity contribution in [3.8, 4) is 22.3 Å². The number of fused-ring (bicyclic) bond motifs is 4. The molecule has 1 heterocycles. The van der Waals surface area contributed by atoms with Gasteiger partial charge >= 0.3 is 0 Å². The fourth-order valence-corrected chi connectivity index (χ4v) is 4.93. The number of rotatable bonds is 4. The van der Waals surface area contributed by atoms with Crippen molar-refractivity contribution in [2.75, 3.05) is 5.32 Å². The smallest absolute Gasteiger partial charge is 0.136 e. The summed E-state index contributed by atoms with van der Waals surface area (Å²) in [5.41, 5.74) is 8.72. The Bertz CT molecular complexity index is 1840. The van der Waals surface area contributed by atoms with Crippen LogP contribution in [0.4, 0.5) is 11.4 Å². The molecule has 36 heavy (non-hydrogen) atoms. The second-order valence-corrected chi connectivity index (χ2v) is 9.15. The van der Waals surface area contributed by atoms with Gasteiger partial charge in [0.1, 0.15) is 11.2 Å². The van der Waals surface area contributed by atoms with Gasteiger partial charge in [-0.3, -0.25) is 0 Å². The average molecular weight is 462 g/mol. The molecular formula is C34H23NO. The highest BCUT2D eigenvalue weighted by molar-refractivity contribution is 6.05. The molecule has 7 rings (SSSR count). The molecule has 0 atom stereocenters. The van der Waals surface area contributed by atoms with Crippen LogP contribution >= 0.6 is 0 Å². The van der Waals surface area contributed by atoms with Gasteiger partial charge in [-0.1, -0.05) is 84.9 Å². The summed E-state index contributed by atoms with van der Waals surface area (Å²) in [4.78, 5) is 0. The summed E-state index contributed by atoms with van der Waals surface area (Å²) >= 11 is 0. The summed E-state index contributed by atoms with van der Waals surface area (Å²) in [6.07, 6.45) is 0. The predicted molar refractivity (Wildman–Crippen MR) is 152 cm³/mol. The van der Waals surface area contributed by atoms with Crippen LogP contribution in [-0.2, 0) is 0 Å². The van der Waals surface area contributed by atoms with Gasteiger partial charge in [-0.25, -0.2) is 0 Å². The lowest BCUT2D eigenvalue weighted by Crippen LogP contribution is -1.90. The first-order chi connectivity index (χ1) is 17.8. The number of furan rings is 1. The maximum absolute atomic E-state index is 6.07. The van der Waals surface area contributed by atoms with Crippen LogP contribution in [0.1, 0.15) is 0 Å². The minimum Gasteiger partial charge on any atom is -0.456 e. The quantitative estimate of drug-likeness (QED) is 0.282. The minimum absolute atomic E-state index is 0.919. The molecule has 0 spiro atoms. The number of nitrogens with one attached hydrogen (secondary N) is 1. The van der Waals surface area contributed by atoms with Gasteiger partial charge in [-0.15, -0.1) is 0 Å². The van der Waals surface area contributed by atoms with Gasteiger partial charge in [-0.2, -0.15) is 0 Å². The molecule has 2 nitrogen and oxygen atoms in total. The molecule has 0 aliphatic heterocycles. The molecule has 0 radical (unpaired) electrons. The molecular weight excluding hydrogens is 438 g/mol. The van der Waals surface area contributed by atoms with Gasteiger partial charge in [0.15, 0.2) is 0 Å². The highest BCUT2D eigenvalue weighted by Gasteiger charge is 2.08. The Morgan fingerprint density at radius 2 is 0.944 bits per heavy atom. The summed E-state index contributed by atoms with van der Waals surface area (Å²) in [6, 6.07) is 46.9. The zero-order valence-corrected chi connectivity index (χ0v) is 19.6. The number of para-hydroxylation sites is 1. The van der Waals surface area contributed by atoms with E-state index in [2.05, 4.69) is 121 Å². The third kappa shape index (κ3) is 3.70. The van der Waals surface area contributed by atoms with E-state index in [1.54, 1.807) is 0 Å². The van der Waals surface area contributed by atoms with E-state index in [1.165, 1.54) is 21.9 Å². The Morgan fingerprint density at radius 3 is 1.69 bits per heavy atom. The molecule has 0 saturated heterocycles. The predicted octanol–water partition coefficient (Wildman–Crippen LogP) is 9.82. The lowest BCUT2D eigenvalue weighted by atomic mass is 10.0. The average Bonchev–Trinajstić information content (AvgIpc) is 3.31. The van der Waals surface area contributed by atoms with Crippen LogP contribution in [-0.4, -0.2) is 0 Å². The van der Waals surface area contributed by atoms with E-state index < -0.39 is 0 Å². The normalized spacial score (nSPS) is 11.3. The van der Waals surface area contributed by atoms with Crippen molar-refractivity contribution >= 4 is 44.1 Å². The zero-order chi connectivity index (χ0) is 23.9. The van der Waals surface area contributed by atoms with Crippen LogP contribution in [0.2, 0.25) is 0 Å². The van der Waals surface area contributed by atoms with Crippen molar-refractivity contribution in [1.29, 1.82) is 0 Å². The summed E-state index contributed by atoms with van der Waals surface area (Å²) in [5, 5.41) is 8.36. The van der Waals surface area contributed by atoms with Crippen LogP contribution in [0.5, 0.6) is 0 Å². The fraction of sp³-hybridized carbons (Fsp3) is 0. The zero-order valence-electron chi connectivity index (χ0n) is 19.6. The van der Waals surface area contributed by atoms with E-state index in [0.29, 0.717) is 0 Å². The highest BCUT2D eigenvalue weighted by Crippen LogP contribution is 2.33. The Morgan fingerprint density at radius 1 is 0.389 bits per heavy atom. The molecule has 170 valence electrons. The molecule has 0 saturated carbocycles. The third-order valence-electron chi connectivity index (χ3n) is 6.85. The van der Waals surface area contributed by atoms with Crippen molar-refractivity contribution in [3.63, 3.8) is 0 Å². The Hall–Kier alpha value is -4.82. The number of benzene rings is 6. The van der Waals surface area contributed by atoms with Crippen LogP contribution in [0.3, 0.4) is 0 Å². The maximum atomic E-state index is 6.07. The van der Waals surface area contributed by atoms with Gasteiger partial charge in [0, 0.05) is 22.1 Å². The molecule has 2 heteroatoms. The number of hydrogen-bond donors (Lipinski definition) is 1. The molecule has 6 aromatic carbocycles. The molecule has 1 N–H and O–H groups in total. The Balaban J connectivity index is 1.10. The number of anilines is 2. The van der Waals surface area contributed by atoms with Gasteiger partial charge in [0.05, 0.1) is 0 Å². The topological polar surface area (TPSA) is 25.2 Å². The van der Waals surface area contributed by atoms with Crippen LogP contribution in [0.25, 0.3) is 55.0 Å². The van der Waals surface area contributed by atoms with E-state index in [1.807, 2.05) is 18.2 Å². The summed E-state index contributed by atoms with van der Waals surface area (Å²) < 4.78 is 6.07. The van der Waals surface area contributed by atoms with Crippen LogP contribution in [0.15, 0.2) is 138 Å². The van der Waals surface area contributed by atoms with E-state index in [-0.39, 0.29) is 0 Å². The van der Waals surface area contributed by atoms with Crippen LogP contribution < -0.4 is 5.32 Å². The van der Waals surface area contributed by atoms with Crippen molar-refractivity contribution in [3.05, 3.63) is 133 Å². The van der Waals surface area contributed by atoms with Crippen molar-refractivity contribution in [2.45, 2.75) is 0 Å². The maximum Gasteiger partial charge on any atom is 0.136 e. The summed E-state index contributed by atoms with van der Waals surface area (Å²) in [5.74, 6) is 0. The van der Waals surface area contributed by atoms with Gasteiger partial charge in [-0.05, 0) is 81.6 Å². The van der Waals surface area contributed by atoms with Gasteiger partial charge in [0.2, 0.25) is 0 Å². The molecule has 1 aromatic heterocycles. The second-order valence-electron chi connectivity index (χ2n) is 9.15. The highest BCUT2D eigenvalue weighted by atomic mass is 16.3. The van der Waals surface area contributed by atoms with Crippen molar-refractivity contribution < 1.29 is 4.42 Å². The summed E-state index contributed by atoms with van der Waals surface area (Å²) in [6.45, 7) is 0. The third-order valence-corrected chi connectivity index (χ3v) is 6.85. The monoisotopic (exact) mass is 461 g/mol. The Kier molecular flexibility index (Phi) is 4.82. The van der Waals surface area contributed by atoms with E-state index in [0.717, 1.165) is 44.4 Å². The molecule has 0 amide bonds. The number of hydrogen-bond acceptors (Lipinski definition) is 2. The van der Waals surface area contributed by atoms with Gasteiger partial charge in [0.25, 0.3) is 0 Å². The lowest BCUT2D eigenvalue weighted by molar-refractivity contribution is 0.669. The van der Waals surface area contributed by atoms with E-state index in [4.69, 9.17) is 4.42 Å². The van der Waals surface area contributed by atoms with Gasteiger partial charge < -0.3 is 9.73 Å². The first-order valence-electron chi connectivity index (χ1n) is 12.2. The first kappa shape index (κ1) is 20.5. The molecule has 0 bridgehead atoms. The standard InChI is InChI=1S/C34H23NO/c1-2-6-26-21-27(10-9-23(26)5-1)24-11-16-29(17-12-24)35-30-18-13-25(14-19-30)28-15-20-32-31-7-3-4-8-33(31)36-34(32)22-28/h1-22,35H. The first-order valence-corrected chi connectivity index (χ1v) is 12.2. The summed E-state index contributed by atoms with van der Waals surface area (Å²) in [7, 11) is 0. The fourth-order valence-electron chi connectivity index (χ4n) is 4.93. The lowest BCUT2D eigenvalue weighted by Gasteiger charge is -2.10. The second kappa shape index (κ2) is 8.44. The van der Waals surface area contributed by atoms with E-state index >= 15 is 0 Å². The molecule has 0 aliphatic carbocycles. The Labute approximate surface area is 209 Å². The molecule has 0 unspecified atom stereocenters. The largest absolute Gasteiger partial charge is 0.456 e. The van der Waals surface area contributed by atoms with E-state index in [9.17, 15) is 0 Å².